The Morgan fingerprint density at radius 1 is 0.842 bits per heavy atom. The molecule has 0 unspecified atom stereocenters. The summed E-state index contributed by atoms with van der Waals surface area (Å²) in [5.74, 6) is 0. The fraction of sp³-hybridized carbons (Fsp3) is 0.0556. The minimum absolute atomic E-state index is 0. The van der Waals surface area contributed by atoms with Gasteiger partial charge in [-0.15, -0.1) is 34.5 Å². The van der Waals surface area contributed by atoms with Crippen molar-refractivity contribution in [1.82, 2.24) is 0 Å². The van der Waals surface area contributed by atoms with Gasteiger partial charge in [0.2, 0.25) is 0 Å². The summed E-state index contributed by atoms with van der Waals surface area (Å²) in [6.07, 6.45) is 0. The molecule has 0 N–H and O–H groups in total. The van der Waals surface area contributed by atoms with Gasteiger partial charge in [0.1, 0.15) is 0 Å². The van der Waals surface area contributed by atoms with Gasteiger partial charge in [-0.25, -0.2) is 0 Å². The van der Waals surface area contributed by atoms with Crippen molar-refractivity contribution in [3.8, 4) is 11.1 Å². The third-order valence-corrected chi connectivity index (χ3v) is 2.98. The van der Waals surface area contributed by atoms with Crippen LogP contribution < -0.4 is 0 Å². The molecule has 3 aromatic carbocycles. The van der Waals surface area contributed by atoms with E-state index in [0.29, 0.717) is 0 Å². The van der Waals surface area contributed by atoms with E-state index >= 15 is 0 Å². The minimum Gasteiger partial charge on any atom is -0.358 e. The smallest absolute Gasteiger partial charge is 0 e. The Morgan fingerprint density at radius 3 is 2.21 bits per heavy atom. The molecule has 0 bridgehead atoms. The van der Waals surface area contributed by atoms with E-state index in [1.807, 2.05) is 0 Å². The van der Waals surface area contributed by atoms with Crippen LogP contribution in [-0.2, 0) is 25.8 Å². The summed E-state index contributed by atoms with van der Waals surface area (Å²) in [4.78, 5) is 0. The summed E-state index contributed by atoms with van der Waals surface area (Å²) >= 11 is 0. The molecule has 0 fully saturated rings. The average Bonchev–Trinajstić information content (AvgIpc) is 2.70. The first kappa shape index (κ1) is 17.9. The van der Waals surface area contributed by atoms with Crippen LogP contribution in [0.5, 0.6) is 0 Å². The molecule has 0 amide bonds. The van der Waals surface area contributed by atoms with Gasteiger partial charge in [-0.05, 0) is 5.56 Å². The van der Waals surface area contributed by atoms with Crippen LogP contribution in [0.3, 0.4) is 0 Å². The predicted octanol–water partition coefficient (Wildman–Crippen LogP) is 5.43. The van der Waals surface area contributed by atoms with Crippen molar-refractivity contribution in [1.29, 1.82) is 0 Å². The van der Waals surface area contributed by atoms with Crippen LogP contribution in [0.4, 0.5) is 0 Å². The van der Waals surface area contributed by atoms with E-state index in [2.05, 4.69) is 67.6 Å². The van der Waals surface area contributed by atoms with Gasteiger partial charge in [0.25, 0.3) is 0 Å². The topological polar surface area (TPSA) is 0 Å². The van der Waals surface area contributed by atoms with E-state index in [1.165, 1.54) is 27.5 Å². The zero-order chi connectivity index (χ0) is 11.0. The number of hydrogen-bond acceptors (Lipinski definition) is 0. The van der Waals surface area contributed by atoms with Gasteiger partial charge in [-0.2, -0.15) is 6.07 Å². The number of fused-ring (bicyclic) bond motifs is 1. The van der Waals surface area contributed by atoms with Gasteiger partial charge in [-0.3, -0.25) is 0 Å². The second kappa shape index (κ2) is 7.49. The molecule has 0 saturated heterocycles. The van der Waals surface area contributed by atoms with Gasteiger partial charge in [-0.1, -0.05) is 48.9 Å². The van der Waals surface area contributed by atoms with Crippen LogP contribution in [0.15, 0.2) is 60.7 Å². The minimum atomic E-state index is 0. The maximum Gasteiger partial charge on any atom is 0 e. The maximum absolute atomic E-state index is 2.26. The van der Waals surface area contributed by atoms with Crippen molar-refractivity contribution in [2.75, 3.05) is 0 Å². The zero-order valence-electron chi connectivity index (χ0n) is 11.8. The largest absolute Gasteiger partial charge is 0.358 e. The molecule has 1 heteroatoms. The van der Waals surface area contributed by atoms with E-state index in [4.69, 9.17) is 0 Å². The van der Waals surface area contributed by atoms with Crippen molar-refractivity contribution in [2.45, 2.75) is 6.92 Å². The summed E-state index contributed by atoms with van der Waals surface area (Å²) in [5, 5.41) is 2.69. The van der Waals surface area contributed by atoms with Gasteiger partial charge in [0, 0.05) is 25.8 Å². The number of hydrogen-bond donors (Lipinski definition) is 0. The molecular formula is C18H19Hf-3. The number of rotatable bonds is 1. The third kappa shape index (κ3) is 3.48. The molecule has 0 atom stereocenters. The standard InChI is InChI=1S/C16H13.2CH3.Hf/c1-12-10-14-8-5-9-15(16(14)11-12)13-6-3-2-4-7-13;;;/h2-11H,1H3;2*1H3;/q3*-1;. The van der Waals surface area contributed by atoms with Gasteiger partial charge < -0.3 is 14.9 Å². The van der Waals surface area contributed by atoms with Crippen molar-refractivity contribution in [3.63, 3.8) is 0 Å². The quantitative estimate of drug-likeness (QED) is 0.368. The molecule has 3 aromatic rings. The van der Waals surface area contributed by atoms with E-state index in [1.54, 1.807) is 0 Å². The predicted molar refractivity (Wildman–Crippen MR) is 82.5 cm³/mol. The number of aryl methyl sites for hydroxylation is 1. The SMILES string of the molecule is Cc1cc2c(-c3ccccc3)cccc2[cH-]1.[CH3-].[CH3-].[Hf]. The Balaban J connectivity index is 0.00000108. The molecule has 0 nitrogen and oxygen atoms in total. The van der Waals surface area contributed by atoms with Gasteiger partial charge in [0.15, 0.2) is 0 Å². The summed E-state index contributed by atoms with van der Waals surface area (Å²) in [6.45, 7) is 2.15. The Kier molecular flexibility index (Phi) is 7.07. The Labute approximate surface area is 135 Å². The fourth-order valence-corrected chi connectivity index (χ4v) is 2.25. The summed E-state index contributed by atoms with van der Waals surface area (Å²) in [6, 6.07) is 21.6. The molecule has 0 saturated carbocycles. The van der Waals surface area contributed by atoms with E-state index in [9.17, 15) is 0 Å². The Morgan fingerprint density at radius 2 is 1.53 bits per heavy atom. The zero-order valence-corrected chi connectivity index (χ0v) is 15.4. The molecule has 0 aliphatic carbocycles. The first-order valence-corrected chi connectivity index (χ1v) is 5.56. The monoisotopic (exact) mass is 415 g/mol. The first-order chi connectivity index (χ1) is 7.84. The molecule has 0 heterocycles. The molecule has 98 valence electrons. The Bertz CT molecular complexity index is 620. The molecule has 0 radical (unpaired) electrons. The molecule has 0 aliphatic heterocycles. The van der Waals surface area contributed by atoms with Crippen LogP contribution in [-0.4, -0.2) is 0 Å². The normalized spacial score (nSPS) is 9.11. The summed E-state index contributed by atoms with van der Waals surface area (Å²) in [5.41, 5.74) is 3.95. The molecule has 0 aliphatic rings. The number of benzene rings is 2. The van der Waals surface area contributed by atoms with Crippen LogP contribution in [0.2, 0.25) is 0 Å². The van der Waals surface area contributed by atoms with Crippen molar-refractivity contribution in [3.05, 3.63) is 81.1 Å². The van der Waals surface area contributed by atoms with E-state index in [0.717, 1.165) is 0 Å². The van der Waals surface area contributed by atoms with E-state index < -0.39 is 0 Å². The van der Waals surface area contributed by atoms with Crippen LogP contribution >= 0.6 is 0 Å². The molecule has 3 rings (SSSR count). The first-order valence-electron chi connectivity index (χ1n) is 5.56. The van der Waals surface area contributed by atoms with Crippen LogP contribution in [0, 0.1) is 21.8 Å². The van der Waals surface area contributed by atoms with Crippen LogP contribution in [0.1, 0.15) is 5.56 Å². The molecule has 0 aromatic heterocycles. The second-order valence-electron chi connectivity index (χ2n) is 4.21. The van der Waals surface area contributed by atoms with Crippen molar-refractivity contribution < 1.29 is 25.8 Å². The van der Waals surface area contributed by atoms with Crippen molar-refractivity contribution in [2.24, 2.45) is 0 Å². The third-order valence-electron chi connectivity index (χ3n) is 2.98. The molecule has 19 heavy (non-hydrogen) atoms. The second-order valence-corrected chi connectivity index (χ2v) is 4.21. The maximum atomic E-state index is 2.26. The van der Waals surface area contributed by atoms with Crippen LogP contribution in [0.25, 0.3) is 21.9 Å². The summed E-state index contributed by atoms with van der Waals surface area (Å²) in [7, 11) is 0. The van der Waals surface area contributed by atoms with Gasteiger partial charge in [0.05, 0.1) is 0 Å². The van der Waals surface area contributed by atoms with Crippen molar-refractivity contribution >= 4 is 10.8 Å². The average molecular weight is 414 g/mol. The van der Waals surface area contributed by atoms with Gasteiger partial charge >= 0.3 is 0 Å². The van der Waals surface area contributed by atoms with E-state index in [-0.39, 0.29) is 40.7 Å². The fourth-order valence-electron chi connectivity index (χ4n) is 2.25. The molecular weight excluding hydrogens is 395 g/mol. The molecule has 0 spiro atoms. The summed E-state index contributed by atoms with van der Waals surface area (Å²) < 4.78 is 0. The Hall–Kier alpha value is -1.08.